The molecule has 1 unspecified atom stereocenters. The number of rotatable bonds is 8. The van der Waals surface area contributed by atoms with Crippen LogP contribution in [0.15, 0.2) is 0 Å². The Labute approximate surface area is 90.5 Å². The van der Waals surface area contributed by atoms with E-state index in [2.05, 4.69) is 6.92 Å². The highest BCUT2D eigenvalue weighted by Gasteiger charge is 2.22. The van der Waals surface area contributed by atoms with Gasteiger partial charge in [-0.2, -0.15) is 11.8 Å². The van der Waals surface area contributed by atoms with Crippen LogP contribution in [0.4, 0.5) is 0 Å². The second kappa shape index (κ2) is 8.26. The number of hydrogen-bond donors (Lipinski definition) is 0. The first kappa shape index (κ1) is 13.9. The Bertz CT molecular complexity index is 161. The molecule has 0 bridgehead atoms. The van der Waals surface area contributed by atoms with E-state index in [1.54, 1.807) is 14.0 Å². The minimum Gasteiger partial charge on any atom is -0.359 e. The van der Waals surface area contributed by atoms with Gasteiger partial charge in [-0.15, -0.1) is 0 Å². The SMILES string of the molecule is CCSC[C@H](C)C(OCOC)C(C)=O. The Morgan fingerprint density at radius 2 is 2.14 bits per heavy atom. The summed E-state index contributed by atoms with van der Waals surface area (Å²) in [7, 11) is 1.56. The summed E-state index contributed by atoms with van der Waals surface area (Å²) in [5.41, 5.74) is 0. The van der Waals surface area contributed by atoms with Gasteiger partial charge in [-0.1, -0.05) is 13.8 Å². The predicted molar refractivity (Wildman–Crippen MR) is 59.6 cm³/mol. The van der Waals surface area contributed by atoms with E-state index in [1.807, 2.05) is 18.7 Å². The van der Waals surface area contributed by atoms with Crippen LogP contribution in [0, 0.1) is 5.92 Å². The van der Waals surface area contributed by atoms with Gasteiger partial charge in [0, 0.05) is 7.11 Å². The Balaban J connectivity index is 3.97. The van der Waals surface area contributed by atoms with Crippen LogP contribution in [0.25, 0.3) is 0 Å². The fourth-order valence-corrected chi connectivity index (χ4v) is 2.00. The second-order valence-corrected chi connectivity index (χ2v) is 4.56. The molecule has 0 radical (unpaired) electrons. The first-order valence-corrected chi connectivity index (χ1v) is 5.97. The maximum absolute atomic E-state index is 11.3. The molecule has 14 heavy (non-hydrogen) atoms. The highest BCUT2D eigenvalue weighted by Crippen LogP contribution is 2.15. The molecule has 0 aliphatic heterocycles. The molecule has 0 aliphatic carbocycles. The molecule has 0 rings (SSSR count). The van der Waals surface area contributed by atoms with E-state index in [1.165, 1.54) is 0 Å². The fourth-order valence-electron chi connectivity index (χ4n) is 1.21. The van der Waals surface area contributed by atoms with Crippen molar-refractivity contribution in [3.8, 4) is 0 Å². The number of Topliss-reactive ketones (excluding diaryl/α,β-unsaturated/α-hetero) is 1. The molecular weight excluding hydrogens is 200 g/mol. The van der Waals surface area contributed by atoms with Gasteiger partial charge in [-0.3, -0.25) is 4.79 Å². The third kappa shape index (κ3) is 5.62. The van der Waals surface area contributed by atoms with Crippen molar-refractivity contribution in [2.75, 3.05) is 25.4 Å². The molecular formula is C10H20O3S. The topological polar surface area (TPSA) is 35.5 Å². The van der Waals surface area contributed by atoms with Crippen molar-refractivity contribution in [2.24, 2.45) is 5.92 Å². The Kier molecular flexibility index (Phi) is 8.23. The molecule has 0 aromatic carbocycles. The number of ketones is 1. The van der Waals surface area contributed by atoms with Crippen molar-refractivity contribution in [1.29, 1.82) is 0 Å². The summed E-state index contributed by atoms with van der Waals surface area (Å²) in [5, 5.41) is 0. The first-order valence-electron chi connectivity index (χ1n) is 4.82. The summed E-state index contributed by atoms with van der Waals surface area (Å²) >= 11 is 1.82. The van der Waals surface area contributed by atoms with Crippen molar-refractivity contribution in [1.82, 2.24) is 0 Å². The quantitative estimate of drug-likeness (QED) is 0.586. The molecule has 4 heteroatoms. The number of thioether (sulfide) groups is 1. The van der Waals surface area contributed by atoms with Crippen molar-refractivity contribution in [3.05, 3.63) is 0 Å². The zero-order valence-electron chi connectivity index (χ0n) is 9.41. The van der Waals surface area contributed by atoms with E-state index < -0.39 is 0 Å². The largest absolute Gasteiger partial charge is 0.359 e. The standard InChI is InChI=1S/C10H20O3S/c1-5-14-6-8(2)10(9(3)11)13-7-12-4/h8,10H,5-7H2,1-4H3/t8-,10?/m0/s1. The minimum atomic E-state index is -0.325. The Morgan fingerprint density at radius 1 is 1.50 bits per heavy atom. The molecule has 0 spiro atoms. The summed E-state index contributed by atoms with van der Waals surface area (Å²) in [6.45, 7) is 5.89. The molecule has 3 nitrogen and oxygen atoms in total. The molecule has 0 heterocycles. The van der Waals surface area contributed by atoms with E-state index in [0.717, 1.165) is 11.5 Å². The number of carbonyl (C=O) groups excluding carboxylic acids is 1. The van der Waals surface area contributed by atoms with Crippen molar-refractivity contribution in [2.45, 2.75) is 26.9 Å². The fraction of sp³-hybridized carbons (Fsp3) is 0.900. The molecule has 0 aromatic heterocycles. The number of methoxy groups -OCH3 is 1. The third-order valence-electron chi connectivity index (χ3n) is 1.87. The summed E-state index contributed by atoms with van der Waals surface area (Å²) in [6.07, 6.45) is -0.325. The van der Waals surface area contributed by atoms with Crippen molar-refractivity contribution in [3.63, 3.8) is 0 Å². The number of hydrogen-bond acceptors (Lipinski definition) is 4. The van der Waals surface area contributed by atoms with Crippen molar-refractivity contribution >= 4 is 17.5 Å². The van der Waals surface area contributed by atoms with Gasteiger partial charge in [-0.25, -0.2) is 0 Å². The number of ether oxygens (including phenoxy) is 2. The van der Waals surface area contributed by atoms with Gasteiger partial charge in [0.05, 0.1) is 0 Å². The van der Waals surface area contributed by atoms with Gasteiger partial charge in [0.2, 0.25) is 0 Å². The molecule has 0 amide bonds. The lowest BCUT2D eigenvalue weighted by Gasteiger charge is -2.21. The van der Waals surface area contributed by atoms with Gasteiger partial charge in [0.1, 0.15) is 12.9 Å². The molecule has 0 aromatic rings. The van der Waals surface area contributed by atoms with E-state index in [-0.39, 0.29) is 24.6 Å². The van der Waals surface area contributed by atoms with Crippen LogP contribution in [-0.4, -0.2) is 37.3 Å². The lowest BCUT2D eigenvalue weighted by Crippen LogP contribution is -2.31. The Morgan fingerprint density at radius 3 is 2.57 bits per heavy atom. The van der Waals surface area contributed by atoms with Gasteiger partial charge >= 0.3 is 0 Å². The zero-order valence-corrected chi connectivity index (χ0v) is 10.2. The highest BCUT2D eigenvalue weighted by molar-refractivity contribution is 7.99. The van der Waals surface area contributed by atoms with Crippen LogP contribution in [-0.2, 0) is 14.3 Å². The van der Waals surface area contributed by atoms with Crippen molar-refractivity contribution < 1.29 is 14.3 Å². The van der Waals surface area contributed by atoms with E-state index in [9.17, 15) is 4.79 Å². The molecule has 2 atom stereocenters. The summed E-state index contributed by atoms with van der Waals surface area (Å²) in [5.74, 6) is 2.34. The zero-order chi connectivity index (χ0) is 11.0. The van der Waals surface area contributed by atoms with E-state index in [4.69, 9.17) is 9.47 Å². The average molecular weight is 220 g/mol. The normalized spacial score (nSPS) is 15.1. The molecule has 84 valence electrons. The van der Waals surface area contributed by atoms with Crippen LogP contribution in [0.3, 0.4) is 0 Å². The maximum Gasteiger partial charge on any atom is 0.158 e. The van der Waals surface area contributed by atoms with Crippen LogP contribution in [0.2, 0.25) is 0 Å². The minimum absolute atomic E-state index is 0.0752. The molecule has 0 aliphatic rings. The smallest absolute Gasteiger partial charge is 0.158 e. The van der Waals surface area contributed by atoms with Gasteiger partial charge < -0.3 is 9.47 Å². The van der Waals surface area contributed by atoms with Crippen LogP contribution < -0.4 is 0 Å². The predicted octanol–water partition coefficient (Wildman–Crippen LogP) is 1.95. The first-order chi connectivity index (χ1) is 6.63. The summed E-state index contributed by atoms with van der Waals surface area (Å²) in [6, 6.07) is 0. The molecule has 0 saturated heterocycles. The van der Waals surface area contributed by atoms with E-state index >= 15 is 0 Å². The average Bonchev–Trinajstić information content (AvgIpc) is 2.14. The maximum atomic E-state index is 11.3. The van der Waals surface area contributed by atoms with Crippen LogP contribution in [0.5, 0.6) is 0 Å². The van der Waals surface area contributed by atoms with Crippen LogP contribution >= 0.6 is 11.8 Å². The third-order valence-corrected chi connectivity index (χ3v) is 3.04. The number of carbonyl (C=O) groups is 1. The molecule has 0 N–H and O–H groups in total. The second-order valence-electron chi connectivity index (χ2n) is 3.24. The molecule has 0 saturated carbocycles. The van der Waals surface area contributed by atoms with Gasteiger partial charge in [-0.05, 0) is 24.3 Å². The Hall–Kier alpha value is -0.0600. The van der Waals surface area contributed by atoms with Gasteiger partial charge in [0.15, 0.2) is 5.78 Å². The molecule has 0 fully saturated rings. The van der Waals surface area contributed by atoms with Crippen LogP contribution in [0.1, 0.15) is 20.8 Å². The monoisotopic (exact) mass is 220 g/mol. The van der Waals surface area contributed by atoms with Gasteiger partial charge in [0.25, 0.3) is 0 Å². The lowest BCUT2D eigenvalue weighted by molar-refractivity contribution is -0.141. The highest BCUT2D eigenvalue weighted by atomic mass is 32.2. The lowest BCUT2D eigenvalue weighted by atomic mass is 10.0. The van der Waals surface area contributed by atoms with E-state index in [0.29, 0.717) is 0 Å². The summed E-state index contributed by atoms with van der Waals surface area (Å²) in [4.78, 5) is 11.3. The summed E-state index contributed by atoms with van der Waals surface area (Å²) < 4.78 is 10.1.